The molecular formula is C15H18N2O6. The molecule has 0 bridgehead atoms. The second-order valence-corrected chi connectivity index (χ2v) is 4.72. The molecule has 1 aromatic carbocycles. The molecule has 0 spiro atoms. The van der Waals surface area contributed by atoms with E-state index in [1.165, 1.54) is 0 Å². The first-order valence-electron chi connectivity index (χ1n) is 7.20. The molecule has 1 aliphatic heterocycles. The summed E-state index contributed by atoms with van der Waals surface area (Å²) in [5.41, 5.74) is 0.684. The Morgan fingerprint density at radius 3 is 2.65 bits per heavy atom. The summed E-state index contributed by atoms with van der Waals surface area (Å²) in [6.07, 6.45) is -0.00885. The summed E-state index contributed by atoms with van der Waals surface area (Å²) < 4.78 is 15.6. The van der Waals surface area contributed by atoms with Crippen molar-refractivity contribution in [1.29, 1.82) is 0 Å². The summed E-state index contributed by atoms with van der Waals surface area (Å²) in [6, 6.07) is 4.52. The highest BCUT2D eigenvalue weighted by molar-refractivity contribution is 5.95. The van der Waals surface area contributed by atoms with E-state index in [0.717, 1.165) is 0 Å². The van der Waals surface area contributed by atoms with Gasteiger partial charge in [-0.1, -0.05) is 6.07 Å². The van der Waals surface area contributed by atoms with Crippen LogP contribution in [0.5, 0.6) is 11.5 Å². The van der Waals surface area contributed by atoms with Crippen LogP contribution in [0.3, 0.4) is 0 Å². The largest absolute Gasteiger partial charge is 0.486 e. The Morgan fingerprint density at radius 1 is 1.17 bits per heavy atom. The van der Waals surface area contributed by atoms with Crippen LogP contribution in [-0.4, -0.2) is 44.3 Å². The van der Waals surface area contributed by atoms with Gasteiger partial charge in [0.25, 0.3) is 5.91 Å². The number of imide groups is 1. The fourth-order valence-electron chi connectivity index (χ4n) is 1.93. The lowest BCUT2D eigenvalue weighted by Crippen LogP contribution is -2.41. The minimum atomic E-state index is -0.688. The fraction of sp³-hybridized carbons (Fsp3) is 0.400. The molecule has 0 radical (unpaired) electrons. The fourth-order valence-corrected chi connectivity index (χ4v) is 1.93. The molecule has 2 N–H and O–H groups in total. The second kappa shape index (κ2) is 8.02. The van der Waals surface area contributed by atoms with Crippen LogP contribution in [0.4, 0.5) is 4.79 Å². The summed E-state index contributed by atoms with van der Waals surface area (Å²) in [6.45, 7) is 2.55. The Kier molecular flexibility index (Phi) is 5.79. The summed E-state index contributed by atoms with van der Waals surface area (Å²) in [7, 11) is 0. The monoisotopic (exact) mass is 322 g/mol. The van der Waals surface area contributed by atoms with Gasteiger partial charge in [0, 0.05) is 6.54 Å². The van der Waals surface area contributed by atoms with Gasteiger partial charge in [0.2, 0.25) is 0 Å². The van der Waals surface area contributed by atoms with E-state index in [0.29, 0.717) is 36.8 Å². The van der Waals surface area contributed by atoms with Crippen LogP contribution in [0.25, 0.3) is 0 Å². The lowest BCUT2D eigenvalue weighted by Gasteiger charge is -2.18. The number of urea groups is 1. The van der Waals surface area contributed by atoms with E-state index in [-0.39, 0.29) is 6.42 Å². The minimum absolute atomic E-state index is 0.00885. The Morgan fingerprint density at radius 2 is 1.91 bits per heavy atom. The van der Waals surface area contributed by atoms with Crippen molar-refractivity contribution in [3.63, 3.8) is 0 Å². The number of rotatable bonds is 5. The number of esters is 1. The van der Waals surface area contributed by atoms with Gasteiger partial charge in [-0.25, -0.2) is 4.79 Å². The number of fused-ring (bicyclic) bond motifs is 1. The number of nitrogens with one attached hydrogen (secondary N) is 2. The molecule has 0 saturated heterocycles. The third kappa shape index (κ3) is 5.17. The maximum absolute atomic E-state index is 11.7. The van der Waals surface area contributed by atoms with E-state index < -0.39 is 24.5 Å². The molecule has 0 aromatic heterocycles. The molecular weight excluding hydrogens is 304 g/mol. The van der Waals surface area contributed by atoms with Gasteiger partial charge in [-0.3, -0.25) is 14.9 Å². The van der Waals surface area contributed by atoms with Gasteiger partial charge in [-0.15, -0.1) is 0 Å². The SMILES string of the molecule is CCNC(=O)NC(=O)COC(=O)Cc1ccc2c(c1)OCCO2. The predicted octanol–water partition coefficient (Wildman–Crippen LogP) is 0.389. The van der Waals surface area contributed by atoms with Crippen molar-refractivity contribution >= 4 is 17.9 Å². The second-order valence-electron chi connectivity index (χ2n) is 4.72. The third-order valence-electron chi connectivity index (χ3n) is 2.91. The van der Waals surface area contributed by atoms with Crippen LogP contribution in [0.15, 0.2) is 18.2 Å². The topological polar surface area (TPSA) is 103 Å². The molecule has 0 aliphatic carbocycles. The van der Waals surface area contributed by atoms with Gasteiger partial charge in [0.15, 0.2) is 18.1 Å². The minimum Gasteiger partial charge on any atom is -0.486 e. The molecule has 1 aromatic rings. The van der Waals surface area contributed by atoms with Gasteiger partial charge in [0.1, 0.15) is 13.2 Å². The number of carbonyl (C=O) groups excluding carboxylic acids is 3. The molecule has 8 nitrogen and oxygen atoms in total. The molecule has 0 unspecified atom stereocenters. The first kappa shape index (κ1) is 16.6. The van der Waals surface area contributed by atoms with E-state index in [1.54, 1.807) is 25.1 Å². The third-order valence-corrected chi connectivity index (χ3v) is 2.91. The number of benzene rings is 1. The van der Waals surface area contributed by atoms with Crippen molar-refractivity contribution in [1.82, 2.24) is 10.6 Å². The molecule has 1 aliphatic rings. The molecule has 8 heteroatoms. The van der Waals surface area contributed by atoms with Crippen LogP contribution in [-0.2, 0) is 20.7 Å². The molecule has 2 rings (SSSR count). The van der Waals surface area contributed by atoms with Gasteiger partial charge >= 0.3 is 12.0 Å². The molecule has 0 fully saturated rings. The van der Waals surface area contributed by atoms with Crippen molar-refractivity contribution in [2.24, 2.45) is 0 Å². The first-order valence-corrected chi connectivity index (χ1v) is 7.20. The highest BCUT2D eigenvalue weighted by Gasteiger charge is 2.15. The lowest BCUT2D eigenvalue weighted by molar-refractivity contribution is -0.147. The molecule has 0 saturated carbocycles. The van der Waals surface area contributed by atoms with Crippen LogP contribution in [0.2, 0.25) is 0 Å². The number of ether oxygens (including phenoxy) is 3. The van der Waals surface area contributed by atoms with Gasteiger partial charge in [0.05, 0.1) is 6.42 Å². The zero-order valence-electron chi connectivity index (χ0n) is 12.7. The first-order chi connectivity index (χ1) is 11.1. The molecule has 0 atom stereocenters. The zero-order chi connectivity index (χ0) is 16.7. The van der Waals surface area contributed by atoms with E-state index >= 15 is 0 Å². The van der Waals surface area contributed by atoms with Gasteiger partial charge in [-0.05, 0) is 24.6 Å². The van der Waals surface area contributed by atoms with Crippen molar-refractivity contribution in [2.75, 3.05) is 26.4 Å². The summed E-state index contributed by atoms with van der Waals surface area (Å²) >= 11 is 0. The molecule has 1 heterocycles. The Hall–Kier alpha value is -2.77. The average molecular weight is 322 g/mol. The molecule has 3 amide bonds. The standard InChI is InChI=1S/C15H18N2O6/c1-2-16-15(20)17-13(18)9-23-14(19)8-10-3-4-11-12(7-10)22-6-5-21-11/h3-4,7H,2,5-6,8-9H2,1H3,(H2,16,17,18,20). The van der Waals surface area contributed by atoms with Crippen molar-refractivity contribution in [2.45, 2.75) is 13.3 Å². The molecule has 124 valence electrons. The lowest BCUT2D eigenvalue weighted by atomic mass is 10.1. The van der Waals surface area contributed by atoms with Crippen molar-refractivity contribution < 1.29 is 28.6 Å². The Bertz CT molecular complexity index is 602. The van der Waals surface area contributed by atoms with Gasteiger partial charge in [-0.2, -0.15) is 0 Å². The Labute approximate surface area is 133 Å². The summed E-state index contributed by atoms with van der Waals surface area (Å²) in [5.74, 6) is -0.0515. The van der Waals surface area contributed by atoms with Crippen LogP contribution >= 0.6 is 0 Å². The van der Waals surface area contributed by atoms with Crippen LogP contribution < -0.4 is 20.1 Å². The van der Waals surface area contributed by atoms with E-state index in [1.807, 2.05) is 5.32 Å². The zero-order valence-corrected chi connectivity index (χ0v) is 12.7. The summed E-state index contributed by atoms with van der Waals surface area (Å²) in [4.78, 5) is 34.2. The predicted molar refractivity (Wildman–Crippen MR) is 79.3 cm³/mol. The van der Waals surface area contributed by atoms with Gasteiger partial charge < -0.3 is 19.5 Å². The highest BCUT2D eigenvalue weighted by atomic mass is 16.6. The number of amides is 3. The number of hydrogen-bond donors (Lipinski definition) is 2. The number of hydrogen-bond acceptors (Lipinski definition) is 6. The normalized spacial score (nSPS) is 12.2. The highest BCUT2D eigenvalue weighted by Crippen LogP contribution is 2.30. The van der Waals surface area contributed by atoms with E-state index in [9.17, 15) is 14.4 Å². The quantitative estimate of drug-likeness (QED) is 0.760. The maximum Gasteiger partial charge on any atom is 0.321 e. The summed E-state index contributed by atoms with van der Waals surface area (Å²) in [5, 5.41) is 4.43. The average Bonchev–Trinajstić information content (AvgIpc) is 2.53. The number of carbonyl (C=O) groups is 3. The van der Waals surface area contributed by atoms with E-state index in [2.05, 4.69) is 5.32 Å². The maximum atomic E-state index is 11.7. The van der Waals surface area contributed by atoms with Crippen LogP contribution in [0.1, 0.15) is 12.5 Å². The van der Waals surface area contributed by atoms with Crippen LogP contribution in [0, 0.1) is 0 Å². The van der Waals surface area contributed by atoms with Crippen molar-refractivity contribution in [3.8, 4) is 11.5 Å². The van der Waals surface area contributed by atoms with E-state index in [4.69, 9.17) is 14.2 Å². The van der Waals surface area contributed by atoms with Crippen molar-refractivity contribution in [3.05, 3.63) is 23.8 Å². The molecule has 23 heavy (non-hydrogen) atoms. The smallest absolute Gasteiger partial charge is 0.321 e. The Balaban J connectivity index is 1.78.